The summed E-state index contributed by atoms with van der Waals surface area (Å²) in [6.07, 6.45) is -0.475. The Bertz CT molecular complexity index is 1480. The highest BCUT2D eigenvalue weighted by Gasteiger charge is 2.50. The van der Waals surface area contributed by atoms with Crippen LogP contribution in [0.3, 0.4) is 0 Å². The summed E-state index contributed by atoms with van der Waals surface area (Å²) in [5.41, 5.74) is 1.85. The highest BCUT2D eigenvalue weighted by atomic mass is 19.4. The van der Waals surface area contributed by atoms with Crippen LogP contribution in [0, 0.1) is 29.0 Å². The summed E-state index contributed by atoms with van der Waals surface area (Å²) >= 11 is 0. The number of nitrogens with zero attached hydrogens (tertiary/aromatic N) is 6. The molecule has 5 rings (SSSR count). The number of likely N-dealkylation sites (N-methyl/N-ethyl adjacent to an activating group) is 1. The third-order valence-electron chi connectivity index (χ3n) is 8.82. The Morgan fingerprint density at radius 3 is 2.41 bits per heavy atom. The van der Waals surface area contributed by atoms with E-state index in [1.54, 1.807) is 0 Å². The Labute approximate surface area is 252 Å². The molecule has 2 fully saturated rings. The van der Waals surface area contributed by atoms with E-state index in [0.29, 0.717) is 55.4 Å². The summed E-state index contributed by atoms with van der Waals surface area (Å²) < 4.78 is 57.4. The minimum Gasteiger partial charge on any atom is -0.367 e. The number of piperidine rings is 1. The SMILES string of the molecule is C[C@@H]1CN(c2cc(F)c(C3=CCN(c4ncc(C#N)cn4)CC3)cc2NC(=O)C2CNC(=O)CC2C(F)(F)F)C[C@H](C)N1C. The zero-order chi connectivity index (χ0) is 31.8. The number of carbonyl (C=O) groups excluding carboxylic acids is 2. The van der Waals surface area contributed by atoms with Crippen LogP contribution in [0.4, 0.5) is 34.9 Å². The van der Waals surface area contributed by atoms with Gasteiger partial charge in [0.15, 0.2) is 0 Å². The maximum Gasteiger partial charge on any atom is 0.393 e. The molecule has 3 aliphatic rings. The number of anilines is 3. The molecule has 1 aromatic heterocycles. The topological polar surface area (TPSA) is 117 Å². The van der Waals surface area contributed by atoms with Crippen molar-refractivity contribution >= 4 is 34.7 Å². The number of hydrogen-bond donors (Lipinski definition) is 2. The predicted octanol–water partition coefficient (Wildman–Crippen LogP) is 3.56. The van der Waals surface area contributed by atoms with Gasteiger partial charge in [-0.2, -0.15) is 18.4 Å². The molecule has 1 aromatic carbocycles. The van der Waals surface area contributed by atoms with Crippen molar-refractivity contribution < 1.29 is 27.2 Å². The van der Waals surface area contributed by atoms with Gasteiger partial charge in [-0.05, 0) is 45.0 Å². The minimum atomic E-state index is -4.74. The summed E-state index contributed by atoms with van der Waals surface area (Å²) in [6.45, 7) is 5.49. The maximum atomic E-state index is 15.8. The van der Waals surface area contributed by atoms with Crippen LogP contribution in [-0.2, 0) is 9.59 Å². The molecule has 2 unspecified atom stereocenters. The summed E-state index contributed by atoms with van der Waals surface area (Å²) in [6, 6.07) is 5.02. The van der Waals surface area contributed by atoms with Gasteiger partial charge in [0.2, 0.25) is 17.8 Å². The number of carbonyl (C=O) groups is 2. The van der Waals surface area contributed by atoms with Gasteiger partial charge in [-0.15, -0.1) is 0 Å². The average molecular weight is 615 g/mol. The first-order valence-corrected chi connectivity index (χ1v) is 14.5. The lowest BCUT2D eigenvalue weighted by molar-refractivity contribution is -0.197. The quantitative estimate of drug-likeness (QED) is 0.492. The van der Waals surface area contributed by atoms with Crippen LogP contribution in [0.5, 0.6) is 0 Å². The molecule has 2 N–H and O–H groups in total. The van der Waals surface area contributed by atoms with E-state index in [9.17, 15) is 22.8 Å². The van der Waals surface area contributed by atoms with Crippen LogP contribution in [0.1, 0.15) is 37.8 Å². The zero-order valence-electron chi connectivity index (χ0n) is 24.7. The van der Waals surface area contributed by atoms with E-state index >= 15 is 4.39 Å². The van der Waals surface area contributed by atoms with E-state index in [1.807, 2.05) is 42.8 Å². The molecule has 0 spiro atoms. The number of benzene rings is 1. The van der Waals surface area contributed by atoms with Gasteiger partial charge in [0.1, 0.15) is 11.9 Å². The molecular formula is C30H34F4N8O2. The van der Waals surface area contributed by atoms with Crippen LogP contribution < -0.4 is 20.4 Å². The molecule has 10 nitrogen and oxygen atoms in total. The van der Waals surface area contributed by atoms with E-state index in [0.717, 1.165) is 0 Å². The molecule has 2 amide bonds. The van der Waals surface area contributed by atoms with E-state index in [4.69, 9.17) is 5.26 Å². The van der Waals surface area contributed by atoms with Crippen molar-refractivity contribution in [2.45, 2.75) is 44.9 Å². The number of aromatic nitrogens is 2. The third kappa shape index (κ3) is 6.47. The maximum absolute atomic E-state index is 15.8. The Kier molecular flexibility index (Phi) is 8.78. The standard InChI is InChI=1S/C30H34F4N8O2/c1-17-15-42(16-18(2)40(17)3)26-10-24(31)21(20-4-6-41(7-5-20)29-37-12-19(11-35)13-38-29)8-25(26)39-28(44)22-14-36-27(43)9-23(22)30(32,33)34/h4,8,10,12-13,17-18,22-23H,5-7,9,14-16H2,1-3H3,(H,36,43)(H,39,44)/t17-,18+,22?,23?. The number of alkyl halides is 3. The van der Waals surface area contributed by atoms with Crippen LogP contribution >= 0.6 is 0 Å². The van der Waals surface area contributed by atoms with Gasteiger partial charge in [-0.25, -0.2) is 14.4 Å². The first kappa shape index (κ1) is 31.2. The molecule has 0 bridgehead atoms. The molecule has 3 aliphatic heterocycles. The van der Waals surface area contributed by atoms with E-state index in [-0.39, 0.29) is 23.3 Å². The largest absolute Gasteiger partial charge is 0.393 e. The Morgan fingerprint density at radius 1 is 1.14 bits per heavy atom. The summed E-state index contributed by atoms with van der Waals surface area (Å²) in [5.74, 6) is -5.38. The van der Waals surface area contributed by atoms with Crippen molar-refractivity contribution in [1.29, 1.82) is 5.26 Å². The highest BCUT2D eigenvalue weighted by molar-refractivity contribution is 5.98. The van der Waals surface area contributed by atoms with E-state index < -0.39 is 48.6 Å². The average Bonchev–Trinajstić information content (AvgIpc) is 3.00. The number of nitriles is 1. The fourth-order valence-electron chi connectivity index (χ4n) is 6.03. The van der Waals surface area contributed by atoms with Gasteiger partial charge in [0.25, 0.3) is 0 Å². The van der Waals surface area contributed by atoms with Gasteiger partial charge in [-0.3, -0.25) is 14.5 Å². The second-order valence-corrected chi connectivity index (χ2v) is 11.7. The van der Waals surface area contributed by atoms with Crippen molar-refractivity contribution in [2.75, 3.05) is 54.9 Å². The normalized spacial score (nSPS) is 24.8. The molecule has 234 valence electrons. The lowest BCUT2D eigenvalue weighted by Crippen LogP contribution is -2.55. The Hall–Kier alpha value is -4.25. The Morgan fingerprint density at radius 2 is 1.82 bits per heavy atom. The monoisotopic (exact) mass is 614 g/mol. The lowest BCUT2D eigenvalue weighted by Gasteiger charge is -2.44. The smallest absolute Gasteiger partial charge is 0.367 e. The van der Waals surface area contributed by atoms with Crippen molar-refractivity contribution in [1.82, 2.24) is 20.2 Å². The number of nitrogens with one attached hydrogen (secondary N) is 2. The second kappa shape index (κ2) is 12.4. The first-order chi connectivity index (χ1) is 20.8. The number of amides is 2. The van der Waals surface area contributed by atoms with Crippen LogP contribution in [0.2, 0.25) is 0 Å². The van der Waals surface area contributed by atoms with Gasteiger partial charge in [0.05, 0.1) is 41.2 Å². The third-order valence-corrected chi connectivity index (χ3v) is 8.82. The van der Waals surface area contributed by atoms with Crippen molar-refractivity contribution in [3.8, 4) is 6.07 Å². The van der Waals surface area contributed by atoms with Crippen LogP contribution in [0.25, 0.3) is 5.57 Å². The fourth-order valence-corrected chi connectivity index (χ4v) is 6.03. The lowest BCUT2D eigenvalue weighted by atomic mass is 9.84. The molecule has 44 heavy (non-hydrogen) atoms. The minimum absolute atomic E-state index is 0.102. The number of hydrogen-bond acceptors (Lipinski definition) is 8. The highest BCUT2D eigenvalue weighted by Crippen LogP contribution is 2.39. The predicted molar refractivity (Wildman–Crippen MR) is 156 cm³/mol. The van der Waals surface area contributed by atoms with Crippen LogP contribution in [0.15, 0.2) is 30.6 Å². The molecule has 4 atom stereocenters. The number of piperazine rings is 1. The molecule has 2 saturated heterocycles. The van der Waals surface area contributed by atoms with Crippen molar-refractivity contribution in [3.05, 3.63) is 47.5 Å². The van der Waals surface area contributed by atoms with Gasteiger partial charge < -0.3 is 20.4 Å². The molecular weight excluding hydrogens is 580 g/mol. The van der Waals surface area contributed by atoms with Gasteiger partial charge in [0, 0.05) is 56.8 Å². The van der Waals surface area contributed by atoms with Gasteiger partial charge in [-0.1, -0.05) is 6.08 Å². The summed E-state index contributed by atoms with van der Waals surface area (Å²) in [4.78, 5) is 39.6. The van der Waals surface area contributed by atoms with E-state index in [1.165, 1.54) is 24.5 Å². The fraction of sp³-hybridized carbons (Fsp3) is 0.500. The van der Waals surface area contributed by atoms with E-state index in [2.05, 4.69) is 25.5 Å². The Balaban J connectivity index is 1.46. The van der Waals surface area contributed by atoms with Crippen molar-refractivity contribution in [2.24, 2.45) is 11.8 Å². The van der Waals surface area contributed by atoms with Gasteiger partial charge >= 0.3 is 6.18 Å². The molecule has 0 aliphatic carbocycles. The molecule has 0 saturated carbocycles. The van der Waals surface area contributed by atoms with Crippen molar-refractivity contribution in [3.63, 3.8) is 0 Å². The molecule has 4 heterocycles. The zero-order valence-corrected chi connectivity index (χ0v) is 24.7. The molecule has 2 aromatic rings. The second-order valence-electron chi connectivity index (χ2n) is 11.7. The summed E-state index contributed by atoms with van der Waals surface area (Å²) in [7, 11) is 2.00. The number of halogens is 4. The molecule has 0 radical (unpaired) electrons. The van der Waals surface area contributed by atoms with Crippen LogP contribution in [-0.4, -0.2) is 84.7 Å². The summed E-state index contributed by atoms with van der Waals surface area (Å²) in [5, 5.41) is 14.1. The number of rotatable bonds is 5. The first-order valence-electron chi connectivity index (χ1n) is 14.5. The molecule has 14 heteroatoms.